The smallest absolute Gasteiger partial charge is 0.251 e. The summed E-state index contributed by atoms with van der Waals surface area (Å²) >= 11 is 0. The van der Waals surface area contributed by atoms with Gasteiger partial charge in [0.2, 0.25) is 10.0 Å². The molecule has 0 bridgehead atoms. The predicted molar refractivity (Wildman–Crippen MR) is 106 cm³/mol. The Morgan fingerprint density at radius 3 is 2.33 bits per heavy atom. The van der Waals surface area contributed by atoms with E-state index in [1.165, 1.54) is 5.56 Å². The van der Waals surface area contributed by atoms with E-state index in [2.05, 4.69) is 12.2 Å². The zero-order chi connectivity index (χ0) is 19.3. The number of nitrogens with one attached hydrogen (secondary N) is 1. The summed E-state index contributed by atoms with van der Waals surface area (Å²) in [4.78, 5) is 12.7. The SMILES string of the molecule is CCc1ccc(C(=O)NCc2ccccc2S(=O)(=O)N2CCCCC2)cc1. The van der Waals surface area contributed by atoms with Gasteiger partial charge >= 0.3 is 0 Å². The third kappa shape index (κ3) is 4.57. The van der Waals surface area contributed by atoms with Crippen LogP contribution in [0.4, 0.5) is 0 Å². The molecule has 3 rings (SSSR count). The molecule has 0 spiro atoms. The molecule has 27 heavy (non-hydrogen) atoms. The second-order valence-corrected chi connectivity index (χ2v) is 8.71. The van der Waals surface area contributed by atoms with Gasteiger partial charge < -0.3 is 5.32 Å². The molecule has 1 aliphatic heterocycles. The molecule has 1 heterocycles. The zero-order valence-corrected chi connectivity index (χ0v) is 16.5. The van der Waals surface area contributed by atoms with E-state index in [4.69, 9.17) is 0 Å². The maximum Gasteiger partial charge on any atom is 0.251 e. The van der Waals surface area contributed by atoms with Crippen LogP contribution in [0.25, 0.3) is 0 Å². The fraction of sp³-hybridized carbons (Fsp3) is 0.381. The van der Waals surface area contributed by atoms with Crippen molar-refractivity contribution in [3.8, 4) is 0 Å². The number of carbonyl (C=O) groups excluding carboxylic acids is 1. The maximum absolute atomic E-state index is 13.0. The van der Waals surface area contributed by atoms with Gasteiger partial charge in [0, 0.05) is 25.2 Å². The van der Waals surface area contributed by atoms with Gasteiger partial charge in [-0.15, -0.1) is 0 Å². The number of rotatable bonds is 6. The molecule has 1 amide bonds. The van der Waals surface area contributed by atoms with Crippen molar-refractivity contribution >= 4 is 15.9 Å². The highest BCUT2D eigenvalue weighted by Crippen LogP contribution is 2.23. The molecule has 0 aromatic heterocycles. The molecule has 1 aliphatic rings. The lowest BCUT2D eigenvalue weighted by Gasteiger charge is -2.26. The Labute approximate surface area is 161 Å². The first-order valence-electron chi connectivity index (χ1n) is 9.47. The van der Waals surface area contributed by atoms with Crippen molar-refractivity contribution in [3.63, 3.8) is 0 Å². The molecule has 2 aromatic rings. The molecule has 5 nitrogen and oxygen atoms in total. The van der Waals surface area contributed by atoms with Gasteiger partial charge in [0.25, 0.3) is 5.91 Å². The highest BCUT2D eigenvalue weighted by atomic mass is 32.2. The quantitative estimate of drug-likeness (QED) is 0.828. The first-order chi connectivity index (χ1) is 13.0. The van der Waals surface area contributed by atoms with E-state index in [0.717, 1.165) is 25.7 Å². The van der Waals surface area contributed by atoms with Gasteiger partial charge in [0.05, 0.1) is 4.90 Å². The Hall–Kier alpha value is -2.18. The number of hydrogen-bond donors (Lipinski definition) is 1. The number of aryl methyl sites for hydroxylation is 1. The Balaban J connectivity index is 1.74. The molecule has 0 saturated carbocycles. The molecule has 2 aromatic carbocycles. The van der Waals surface area contributed by atoms with E-state index in [-0.39, 0.29) is 17.3 Å². The Morgan fingerprint density at radius 1 is 1.00 bits per heavy atom. The van der Waals surface area contributed by atoms with Gasteiger partial charge in [0.1, 0.15) is 0 Å². The molecule has 0 unspecified atom stereocenters. The lowest BCUT2D eigenvalue weighted by atomic mass is 10.1. The van der Waals surface area contributed by atoms with Gasteiger partial charge in [-0.25, -0.2) is 8.42 Å². The summed E-state index contributed by atoms with van der Waals surface area (Å²) in [6.07, 6.45) is 3.78. The molecule has 144 valence electrons. The van der Waals surface area contributed by atoms with Crippen LogP contribution in [-0.2, 0) is 23.0 Å². The first kappa shape index (κ1) is 19.6. The third-order valence-electron chi connectivity index (χ3n) is 4.97. The summed E-state index contributed by atoms with van der Waals surface area (Å²) in [5.74, 6) is -0.206. The van der Waals surface area contributed by atoms with Crippen LogP contribution in [-0.4, -0.2) is 31.7 Å². The highest BCUT2D eigenvalue weighted by molar-refractivity contribution is 7.89. The predicted octanol–water partition coefficient (Wildman–Crippen LogP) is 3.35. The van der Waals surface area contributed by atoms with Crippen LogP contribution >= 0.6 is 0 Å². The van der Waals surface area contributed by atoms with Crippen LogP contribution in [0.15, 0.2) is 53.4 Å². The zero-order valence-electron chi connectivity index (χ0n) is 15.6. The first-order valence-corrected chi connectivity index (χ1v) is 10.9. The van der Waals surface area contributed by atoms with Crippen LogP contribution in [0.1, 0.15) is 47.7 Å². The minimum atomic E-state index is -3.53. The lowest BCUT2D eigenvalue weighted by molar-refractivity contribution is 0.0950. The number of carbonyl (C=O) groups is 1. The van der Waals surface area contributed by atoms with E-state index >= 15 is 0 Å². The molecular weight excluding hydrogens is 360 g/mol. The Morgan fingerprint density at radius 2 is 1.67 bits per heavy atom. The minimum absolute atomic E-state index is 0.178. The minimum Gasteiger partial charge on any atom is -0.348 e. The van der Waals surface area contributed by atoms with Crippen molar-refractivity contribution in [3.05, 3.63) is 65.2 Å². The van der Waals surface area contributed by atoms with Crippen LogP contribution in [0.2, 0.25) is 0 Å². The summed E-state index contributed by atoms with van der Waals surface area (Å²) < 4.78 is 27.6. The van der Waals surface area contributed by atoms with Gasteiger partial charge in [0.15, 0.2) is 0 Å². The Bertz CT molecular complexity index is 886. The topological polar surface area (TPSA) is 66.5 Å². The number of amides is 1. The molecule has 1 N–H and O–H groups in total. The number of benzene rings is 2. The van der Waals surface area contributed by atoms with Gasteiger partial charge in [-0.3, -0.25) is 4.79 Å². The fourth-order valence-electron chi connectivity index (χ4n) is 3.32. The van der Waals surface area contributed by atoms with Crippen molar-refractivity contribution < 1.29 is 13.2 Å². The van der Waals surface area contributed by atoms with Crippen molar-refractivity contribution in [1.29, 1.82) is 0 Å². The molecule has 0 aliphatic carbocycles. The van der Waals surface area contributed by atoms with E-state index in [0.29, 0.717) is 24.2 Å². The summed E-state index contributed by atoms with van der Waals surface area (Å²) in [6, 6.07) is 14.4. The maximum atomic E-state index is 13.0. The lowest BCUT2D eigenvalue weighted by Crippen LogP contribution is -2.36. The number of piperidine rings is 1. The van der Waals surface area contributed by atoms with Crippen molar-refractivity contribution in [2.24, 2.45) is 0 Å². The summed E-state index contributed by atoms with van der Waals surface area (Å²) in [6.45, 7) is 3.37. The summed E-state index contributed by atoms with van der Waals surface area (Å²) in [7, 11) is -3.53. The van der Waals surface area contributed by atoms with E-state index < -0.39 is 10.0 Å². The molecule has 0 radical (unpaired) electrons. The van der Waals surface area contributed by atoms with Gasteiger partial charge in [-0.05, 0) is 48.6 Å². The summed E-state index contributed by atoms with van der Waals surface area (Å²) in [5, 5.41) is 2.85. The number of hydrogen-bond acceptors (Lipinski definition) is 3. The van der Waals surface area contributed by atoms with Crippen LogP contribution in [0.3, 0.4) is 0 Å². The number of sulfonamides is 1. The molecule has 6 heteroatoms. The van der Waals surface area contributed by atoms with Gasteiger partial charge in [-0.2, -0.15) is 4.31 Å². The average Bonchev–Trinajstić information content (AvgIpc) is 2.73. The second kappa shape index (κ2) is 8.67. The van der Waals surface area contributed by atoms with Crippen molar-refractivity contribution in [2.45, 2.75) is 44.0 Å². The monoisotopic (exact) mass is 386 g/mol. The molecule has 1 fully saturated rings. The van der Waals surface area contributed by atoms with Crippen LogP contribution < -0.4 is 5.32 Å². The average molecular weight is 387 g/mol. The molecule has 0 atom stereocenters. The Kier molecular flexibility index (Phi) is 6.29. The second-order valence-electron chi connectivity index (χ2n) is 6.81. The van der Waals surface area contributed by atoms with E-state index in [1.54, 1.807) is 40.7 Å². The number of nitrogens with zero attached hydrogens (tertiary/aromatic N) is 1. The normalized spacial score (nSPS) is 15.4. The highest BCUT2D eigenvalue weighted by Gasteiger charge is 2.27. The van der Waals surface area contributed by atoms with Crippen molar-refractivity contribution in [2.75, 3.05) is 13.1 Å². The van der Waals surface area contributed by atoms with Crippen LogP contribution in [0.5, 0.6) is 0 Å². The molecular formula is C21H26N2O3S. The third-order valence-corrected chi connectivity index (χ3v) is 6.97. The van der Waals surface area contributed by atoms with E-state index in [9.17, 15) is 13.2 Å². The fourth-order valence-corrected chi connectivity index (χ4v) is 5.05. The van der Waals surface area contributed by atoms with Crippen molar-refractivity contribution in [1.82, 2.24) is 9.62 Å². The van der Waals surface area contributed by atoms with Gasteiger partial charge in [-0.1, -0.05) is 43.7 Å². The van der Waals surface area contributed by atoms with E-state index in [1.807, 2.05) is 12.1 Å². The largest absolute Gasteiger partial charge is 0.348 e. The summed E-state index contributed by atoms with van der Waals surface area (Å²) in [5.41, 5.74) is 2.36. The van der Waals surface area contributed by atoms with Crippen LogP contribution in [0, 0.1) is 0 Å². The molecule has 1 saturated heterocycles. The standard InChI is InChI=1S/C21H26N2O3S/c1-2-17-10-12-18(13-11-17)21(24)22-16-19-8-4-5-9-20(19)27(25,26)23-14-6-3-7-15-23/h4-5,8-13H,2-3,6-7,14-16H2,1H3,(H,22,24).